The minimum Gasteiger partial charge on any atom is -0.381 e. The molecule has 0 saturated carbocycles. The van der Waals surface area contributed by atoms with Crippen LogP contribution in [-0.4, -0.2) is 16.5 Å². The first kappa shape index (κ1) is 7.53. The molecule has 1 heterocycles. The summed E-state index contributed by atoms with van der Waals surface area (Å²) in [7, 11) is 0. The molecule has 2 N–H and O–H groups in total. The van der Waals surface area contributed by atoms with Crippen LogP contribution in [0, 0.1) is 0 Å². The smallest absolute Gasteiger partial charge is 0.159 e. The molecule has 1 aromatic rings. The van der Waals surface area contributed by atoms with Gasteiger partial charge in [-0.05, 0) is 15.9 Å². The van der Waals surface area contributed by atoms with Crippen molar-refractivity contribution in [2.24, 2.45) is 0 Å². The van der Waals surface area contributed by atoms with Crippen molar-refractivity contribution in [3.8, 4) is 0 Å². The predicted molar refractivity (Wildman–Crippen MR) is 40.3 cm³/mol. The second kappa shape index (κ2) is 3.01. The normalized spacial score (nSPS) is 10.2. The summed E-state index contributed by atoms with van der Waals surface area (Å²) in [5.41, 5.74) is 5.37. The second-order valence-corrected chi connectivity index (χ2v) is 2.67. The molecule has 1 aromatic heterocycles. The number of nitrogens with two attached hydrogens (primary N) is 1. The Morgan fingerprint density at radius 2 is 2.50 bits per heavy atom. The molecule has 0 atom stereocenters. The lowest BCUT2D eigenvalue weighted by atomic mass is 10.6. The van der Waals surface area contributed by atoms with Crippen LogP contribution >= 0.6 is 15.9 Å². The lowest BCUT2D eigenvalue weighted by molar-refractivity contribution is 0.427. The van der Waals surface area contributed by atoms with Gasteiger partial charge in [-0.3, -0.25) is 4.68 Å². The van der Waals surface area contributed by atoms with E-state index in [0.717, 1.165) is 0 Å². The summed E-state index contributed by atoms with van der Waals surface area (Å²) in [4.78, 5) is 0. The van der Waals surface area contributed by atoms with Crippen molar-refractivity contribution in [1.29, 1.82) is 0 Å². The lowest BCUT2D eigenvalue weighted by Gasteiger charge is -1.91. The van der Waals surface area contributed by atoms with E-state index in [0.29, 0.717) is 10.3 Å². The molecule has 0 spiro atoms. The third kappa shape index (κ3) is 1.47. The summed E-state index contributed by atoms with van der Waals surface area (Å²) in [6, 6.07) is 0. The summed E-state index contributed by atoms with van der Waals surface area (Å²) in [6.45, 7) is -0.163. The third-order valence-corrected chi connectivity index (χ3v) is 1.67. The summed E-state index contributed by atoms with van der Waals surface area (Å²) in [6.07, 6.45) is 1.65. The number of nitrogen functional groups attached to an aromatic ring is 1. The number of aryl methyl sites for hydroxylation is 1. The number of hydrogen-bond acceptors (Lipinski definition) is 2. The molecule has 56 valence electrons. The van der Waals surface area contributed by atoms with Crippen LogP contribution in [0.3, 0.4) is 0 Å². The number of hydrogen-bond donors (Lipinski definition) is 1. The lowest BCUT2D eigenvalue weighted by Crippen LogP contribution is -2.00. The van der Waals surface area contributed by atoms with Crippen molar-refractivity contribution in [2.45, 2.75) is 6.54 Å². The second-order valence-electron chi connectivity index (χ2n) is 1.81. The first-order valence-electron chi connectivity index (χ1n) is 2.78. The quantitative estimate of drug-likeness (QED) is 0.793. The van der Waals surface area contributed by atoms with Crippen LogP contribution in [-0.2, 0) is 6.54 Å². The fourth-order valence-corrected chi connectivity index (χ4v) is 0.929. The molecular formula is C5H7BrFN3. The van der Waals surface area contributed by atoms with E-state index in [4.69, 9.17) is 5.73 Å². The molecule has 3 nitrogen and oxygen atoms in total. The molecule has 0 radical (unpaired) electrons. The van der Waals surface area contributed by atoms with Gasteiger partial charge in [0.05, 0.1) is 11.0 Å². The van der Waals surface area contributed by atoms with Gasteiger partial charge in [0.15, 0.2) is 5.82 Å². The molecule has 0 bridgehead atoms. The molecule has 0 amide bonds. The van der Waals surface area contributed by atoms with E-state index in [1.807, 2.05) is 0 Å². The van der Waals surface area contributed by atoms with Crippen LogP contribution in [0.4, 0.5) is 10.2 Å². The Kier molecular flexibility index (Phi) is 2.26. The summed E-state index contributed by atoms with van der Waals surface area (Å²) in [5.74, 6) is 0.397. The van der Waals surface area contributed by atoms with Gasteiger partial charge in [0.25, 0.3) is 0 Å². The predicted octanol–water partition coefficient (Wildman–Crippen LogP) is 1.20. The van der Waals surface area contributed by atoms with Crippen molar-refractivity contribution in [2.75, 3.05) is 12.4 Å². The van der Waals surface area contributed by atoms with Crippen LogP contribution in [0.15, 0.2) is 10.7 Å². The average molecular weight is 208 g/mol. The average Bonchev–Trinajstić information content (AvgIpc) is 2.14. The van der Waals surface area contributed by atoms with Gasteiger partial charge in [0, 0.05) is 6.20 Å². The highest BCUT2D eigenvalue weighted by molar-refractivity contribution is 9.10. The van der Waals surface area contributed by atoms with E-state index in [9.17, 15) is 4.39 Å². The van der Waals surface area contributed by atoms with Gasteiger partial charge in [0.2, 0.25) is 0 Å². The molecule has 1 rings (SSSR count). The molecule has 0 unspecified atom stereocenters. The molecule has 10 heavy (non-hydrogen) atoms. The number of halogens is 2. The zero-order valence-electron chi connectivity index (χ0n) is 5.22. The van der Waals surface area contributed by atoms with Crippen molar-refractivity contribution >= 4 is 21.7 Å². The van der Waals surface area contributed by atoms with Crippen LogP contribution in [0.1, 0.15) is 0 Å². The van der Waals surface area contributed by atoms with Gasteiger partial charge < -0.3 is 5.73 Å². The zero-order valence-corrected chi connectivity index (χ0v) is 6.81. The maximum Gasteiger partial charge on any atom is 0.159 e. The zero-order chi connectivity index (χ0) is 7.56. The fraction of sp³-hybridized carbons (Fsp3) is 0.400. The largest absolute Gasteiger partial charge is 0.381 e. The molecule has 0 fully saturated rings. The van der Waals surface area contributed by atoms with Gasteiger partial charge in [-0.25, -0.2) is 4.39 Å². The SMILES string of the molecule is Nc1nn(CCF)cc1Br. The molecule has 0 aliphatic rings. The molecular weight excluding hydrogens is 201 g/mol. The number of aromatic nitrogens is 2. The molecule has 5 heteroatoms. The summed E-state index contributed by atoms with van der Waals surface area (Å²) >= 11 is 3.16. The van der Waals surface area contributed by atoms with E-state index in [2.05, 4.69) is 21.0 Å². The Balaban J connectivity index is 2.77. The third-order valence-electron chi connectivity index (χ3n) is 1.06. The van der Waals surface area contributed by atoms with Gasteiger partial charge in [-0.2, -0.15) is 5.10 Å². The molecule has 0 saturated heterocycles. The van der Waals surface area contributed by atoms with Gasteiger partial charge in [-0.15, -0.1) is 0 Å². The first-order chi connectivity index (χ1) is 4.74. The minimum atomic E-state index is -0.423. The van der Waals surface area contributed by atoms with E-state index < -0.39 is 6.67 Å². The highest BCUT2D eigenvalue weighted by Crippen LogP contribution is 2.15. The topological polar surface area (TPSA) is 43.8 Å². The van der Waals surface area contributed by atoms with Gasteiger partial charge in [-0.1, -0.05) is 0 Å². The standard InChI is InChI=1S/C5H7BrFN3/c6-4-3-10(2-1-7)9-5(4)8/h3H,1-2H2,(H2,8,9). The monoisotopic (exact) mass is 207 g/mol. The Bertz CT molecular complexity index is 203. The number of anilines is 1. The maximum absolute atomic E-state index is 11.7. The van der Waals surface area contributed by atoms with Crippen molar-refractivity contribution in [1.82, 2.24) is 9.78 Å². The molecule has 0 aliphatic carbocycles. The summed E-state index contributed by atoms with van der Waals surface area (Å²) < 4.78 is 13.9. The van der Waals surface area contributed by atoms with E-state index in [1.54, 1.807) is 6.20 Å². The number of nitrogens with zero attached hydrogens (tertiary/aromatic N) is 2. The van der Waals surface area contributed by atoms with Crippen molar-refractivity contribution in [3.05, 3.63) is 10.7 Å². The molecule has 0 aliphatic heterocycles. The van der Waals surface area contributed by atoms with Crippen LogP contribution in [0.25, 0.3) is 0 Å². The van der Waals surface area contributed by atoms with Crippen LogP contribution in [0.2, 0.25) is 0 Å². The van der Waals surface area contributed by atoms with Crippen LogP contribution < -0.4 is 5.73 Å². The van der Waals surface area contributed by atoms with E-state index in [1.165, 1.54) is 4.68 Å². The maximum atomic E-state index is 11.7. The van der Waals surface area contributed by atoms with Crippen LogP contribution in [0.5, 0.6) is 0 Å². The number of alkyl halides is 1. The van der Waals surface area contributed by atoms with Gasteiger partial charge in [0.1, 0.15) is 6.67 Å². The van der Waals surface area contributed by atoms with E-state index >= 15 is 0 Å². The Morgan fingerprint density at radius 3 is 2.90 bits per heavy atom. The Morgan fingerprint density at radius 1 is 1.80 bits per heavy atom. The Hall–Kier alpha value is -0.580. The van der Waals surface area contributed by atoms with Crippen molar-refractivity contribution in [3.63, 3.8) is 0 Å². The van der Waals surface area contributed by atoms with Crippen molar-refractivity contribution < 1.29 is 4.39 Å². The molecule has 0 aromatic carbocycles. The fourth-order valence-electron chi connectivity index (χ4n) is 0.613. The van der Waals surface area contributed by atoms with Gasteiger partial charge >= 0.3 is 0 Å². The highest BCUT2D eigenvalue weighted by Gasteiger charge is 2.00. The summed E-state index contributed by atoms with van der Waals surface area (Å²) in [5, 5.41) is 3.81. The van der Waals surface area contributed by atoms with E-state index in [-0.39, 0.29) is 6.54 Å². The number of rotatable bonds is 2. The minimum absolute atomic E-state index is 0.260. The highest BCUT2D eigenvalue weighted by atomic mass is 79.9. The Labute approximate surface area is 66.1 Å². The first-order valence-corrected chi connectivity index (χ1v) is 3.57.